The molecule has 0 rings (SSSR count). The summed E-state index contributed by atoms with van der Waals surface area (Å²) in [5.74, 6) is 1.32. The number of hydrogen-bond acceptors (Lipinski definition) is 2. The van der Waals surface area contributed by atoms with Gasteiger partial charge in [-0.2, -0.15) is 0 Å². The van der Waals surface area contributed by atoms with Crippen molar-refractivity contribution in [1.29, 1.82) is 0 Å². The summed E-state index contributed by atoms with van der Waals surface area (Å²) in [4.78, 5) is 0. The second-order valence-corrected chi connectivity index (χ2v) is 7.19. The van der Waals surface area contributed by atoms with Crippen molar-refractivity contribution in [3.05, 3.63) is 0 Å². The maximum Gasteiger partial charge on any atom is 0.00701 e. The molecule has 0 aliphatic rings. The van der Waals surface area contributed by atoms with E-state index in [9.17, 15) is 0 Å². The van der Waals surface area contributed by atoms with E-state index in [1.165, 1.54) is 77.0 Å². The van der Waals surface area contributed by atoms with Crippen molar-refractivity contribution in [2.45, 2.75) is 110 Å². The molecule has 22 heavy (non-hydrogen) atoms. The van der Waals surface area contributed by atoms with Gasteiger partial charge in [0.05, 0.1) is 0 Å². The van der Waals surface area contributed by atoms with E-state index >= 15 is 0 Å². The first-order valence-electron chi connectivity index (χ1n) is 10.1. The molecule has 0 amide bonds. The fraction of sp³-hybridized carbons (Fsp3) is 1.00. The number of hydrogen-bond donors (Lipinski definition) is 2. The Morgan fingerprint density at radius 1 is 0.727 bits per heavy atom. The summed E-state index contributed by atoms with van der Waals surface area (Å²) in [5, 5.41) is 0. The van der Waals surface area contributed by atoms with Crippen molar-refractivity contribution in [2.24, 2.45) is 23.3 Å². The number of nitrogens with two attached hydrogens (primary N) is 2. The van der Waals surface area contributed by atoms with Gasteiger partial charge in [-0.15, -0.1) is 0 Å². The Balaban J connectivity index is 3.64. The molecule has 0 heterocycles. The van der Waals surface area contributed by atoms with Crippen LogP contribution in [0.25, 0.3) is 0 Å². The van der Waals surface area contributed by atoms with E-state index in [4.69, 9.17) is 11.5 Å². The van der Waals surface area contributed by atoms with Crippen LogP contribution in [0.3, 0.4) is 0 Å². The third-order valence-electron chi connectivity index (χ3n) is 5.32. The molecule has 4 N–H and O–H groups in total. The molecule has 3 atom stereocenters. The van der Waals surface area contributed by atoms with Crippen molar-refractivity contribution in [2.75, 3.05) is 6.54 Å². The molecule has 2 heteroatoms. The third-order valence-corrected chi connectivity index (χ3v) is 5.32. The lowest BCUT2D eigenvalue weighted by atomic mass is 9.85. The van der Waals surface area contributed by atoms with Crippen LogP contribution in [0.2, 0.25) is 0 Å². The summed E-state index contributed by atoms with van der Waals surface area (Å²) in [6.45, 7) is 7.59. The van der Waals surface area contributed by atoms with E-state index < -0.39 is 0 Å². The first-order chi connectivity index (χ1) is 10.7. The van der Waals surface area contributed by atoms with Crippen LogP contribution in [0.15, 0.2) is 0 Å². The molecule has 2 nitrogen and oxygen atoms in total. The molecule has 0 spiro atoms. The Morgan fingerprint density at radius 2 is 1.27 bits per heavy atom. The predicted octanol–water partition coefficient (Wildman–Crippen LogP) is 5.64. The van der Waals surface area contributed by atoms with Crippen molar-refractivity contribution in [1.82, 2.24) is 0 Å². The Morgan fingerprint density at radius 3 is 1.73 bits per heavy atom. The average molecular weight is 313 g/mol. The van der Waals surface area contributed by atoms with Crippen molar-refractivity contribution in [3.63, 3.8) is 0 Å². The van der Waals surface area contributed by atoms with Gasteiger partial charge in [0.25, 0.3) is 0 Å². The highest BCUT2D eigenvalue weighted by Gasteiger charge is 2.18. The zero-order valence-electron chi connectivity index (χ0n) is 15.8. The Bertz CT molecular complexity index is 214. The van der Waals surface area contributed by atoms with Gasteiger partial charge in [0.15, 0.2) is 0 Å². The molecule has 0 aliphatic carbocycles. The molecule has 0 fully saturated rings. The highest BCUT2D eigenvalue weighted by molar-refractivity contribution is 4.75. The van der Waals surface area contributed by atoms with Gasteiger partial charge >= 0.3 is 0 Å². The third kappa shape index (κ3) is 11.5. The SMILES string of the molecule is CCCCCCCCCCCC(CC)C(N)CC(CC)CN. The summed E-state index contributed by atoms with van der Waals surface area (Å²) in [6.07, 6.45) is 17.5. The first-order valence-corrected chi connectivity index (χ1v) is 10.1. The molecular formula is C20H44N2. The van der Waals surface area contributed by atoms with Crippen molar-refractivity contribution in [3.8, 4) is 0 Å². The van der Waals surface area contributed by atoms with Crippen LogP contribution in [0, 0.1) is 11.8 Å². The van der Waals surface area contributed by atoms with Gasteiger partial charge < -0.3 is 11.5 Å². The van der Waals surface area contributed by atoms with Crippen LogP contribution >= 0.6 is 0 Å². The van der Waals surface area contributed by atoms with Gasteiger partial charge in [-0.1, -0.05) is 91.4 Å². The maximum absolute atomic E-state index is 6.43. The summed E-state index contributed by atoms with van der Waals surface area (Å²) < 4.78 is 0. The first kappa shape index (κ1) is 21.9. The van der Waals surface area contributed by atoms with Crippen molar-refractivity contribution >= 4 is 0 Å². The molecule has 0 aromatic rings. The zero-order valence-corrected chi connectivity index (χ0v) is 15.8. The smallest absolute Gasteiger partial charge is 0.00701 e. The highest BCUT2D eigenvalue weighted by Crippen LogP contribution is 2.22. The van der Waals surface area contributed by atoms with Gasteiger partial charge in [0.1, 0.15) is 0 Å². The summed E-state index contributed by atoms with van der Waals surface area (Å²) >= 11 is 0. The van der Waals surface area contributed by atoms with Crippen molar-refractivity contribution < 1.29 is 0 Å². The second kappa shape index (κ2) is 15.8. The lowest BCUT2D eigenvalue weighted by Crippen LogP contribution is -2.33. The molecule has 0 aromatic heterocycles. The molecule has 0 saturated carbocycles. The molecular weight excluding hydrogens is 268 g/mol. The van der Waals surface area contributed by atoms with Gasteiger partial charge in [-0.3, -0.25) is 0 Å². The largest absolute Gasteiger partial charge is 0.330 e. The highest BCUT2D eigenvalue weighted by atomic mass is 14.7. The van der Waals surface area contributed by atoms with E-state index in [1.54, 1.807) is 0 Å². The maximum atomic E-state index is 6.43. The molecule has 134 valence electrons. The Labute approximate surface area is 140 Å². The minimum Gasteiger partial charge on any atom is -0.330 e. The molecule has 3 unspecified atom stereocenters. The molecule has 0 radical (unpaired) electrons. The van der Waals surface area contributed by atoms with E-state index in [-0.39, 0.29) is 0 Å². The van der Waals surface area contributed by atoms with Crippen LogP contribution < -0.4 is 11.5 Å². The quantitative estimate of drug-likeness (QED) is 0.363. The Kier molecular flexibility index (Phi) is 15.7. The topological polar surface area (TPSA) is 52.0 Å². The van der Waals surface area contributed by atoms with Gasteiger partial charge in [0.2, 0.25) is 0 Å². The van der Waals surface area contributed by atoms with Gasteiger partial charge in [-0.25, -0.2) is 0 Å². The van der Waals surface area contributed by atoms with Crippen LogP contribution in [0.1, 0.15) is 104 Å². The Hall–Kier alpha value is -0.0800. The monoisotopic (exact) mass is 312 g/mol. The lowest BCUT2D eigenvalue weighted by Gasteiger charge is -2.26. The molecule has 0 aromatic carbocycles. The second-order valence-electron chi connectivity index (χ2n) is 7.19. The van der Waals surface area contributed by atoms with Crippen LogP contribution in [0.4, 0.5) is 0 Å². The fourth-order valence-corrected chi connectivity index (χ4v) is 3.45. The minimum absolute atomic E-state index is 0.354. The van der Waals surface area contributed by atoms with E-state index in [1.807, 2.05) is 0 Å². The number of unbranched alkanes of at least 4 members (excludes halogenated alkanes) is 8. The van der Waals surface area contributed by atoms with E-state index in [2.05, 4.69) is 20.8 Å². The standard InChI is InChI=1S/C20H44N2/c1-4-7-8-9-10-11-12-13-14-15-19(6-3)20(22)16-18(5-2)17-21/h18-20H,4-17,21-22H2,1-3H3. The average Bonchev–Trinajstić information content (AvgIpc) is 2.54. The van der Waals surface area contributed by atoms with Gasteiger partial charge in [0, 0.05) is 6.04 Å². The minimum atomic E-state index is 0.354. The zero-order chi connectivity index (χ0) is 16.6. The lowest BCUT2D eigenvalue weighted by molar-refractivity contribution is 0.308. The van der Waals surface area contributed by atoms with Crippen LogP contribution in [-0.2, 0) is 0 Å². The molecule has 0 saturated heterocycles. The fourth-order valence-electron chi connectivity index (χ4n) is 3.45. The number of rotatable bonds is 16. The molecule has 0 aliphatic heterocycles. The van der Waals surface area contributed by atoms with Gasteiger partial charge in [-0.05, 0) is 31.2 Å². The van der Waals surface area contributed by atoms with E-state index in [0.717, 1.165) is 13.0 Å². The van der Waals surface area contributed by atoms with Crippen LogP contribution in [-0.4, -0.2) is 12.6 Å². The molecule has 0 bridgehead atoms. The summed E-state index contributed by atoms with van der Waals surface area (Å²) in [5.41, 5.74) is 12.2. The summed E-state index contributed by atoms with van der Waals surface area (Å²) in [6, 6.07) is 0.354. The van der Waals surface area contributed by atoms with Crippen LogP contribution in [0.5, 0.6) is 0 Å². The van der Waals surface area contributed by atoms with E-state index in [0.29, 0.717) is 17.9 Å². The summed E-state index contributed by atoms with van der Waals surface area (Å²) in [7, 11) is 0. The predicted molar refractivity (Wildman–Crippen MR) is 101 cm³/mol. The normalized spacial score (nSPS) is 15.7.